The Hall–Kier alpha value is -1.26. The quantitative estimate of drug-likeness (QED) is 0.678. The van der Waals surface area contributed by atoms with E-state index in [1.807, 2.05) is 19.9 Å². The topological polar surface area (TPSA) is 20.2 Å². The summed E-state index contributed by atoms with van der Waals surface area (Å²) >= 11 is 0. The van der Waals surface area contributed by atoms with Gasteiger partial charge < -0.3 is 5.11 Å². The molecule has 1 N–H and O–H groups in total. The molecule has 1 aromatic carbocycles. The largest absolute Gasteiger partial charge is 0.380 e. The first kappa shape index (κ1) is 9.83. The summed E-state index contributed by atoms with van der Waals surface area (Å²) in [6.45, 7) is 4.06. The fourth-order valence-corrected chi connectivity index (χ4v) is 1.29. The number of hydrogen-bond acceptors (Lipinski definition) is 1. The van der Waals surface area contributed by atoms with Gasteiger partial charge in [0.2, 0.25) is 0 Å². The second-order valence-corrected chi connectivity index (χ2v) is 3.32. The Morgan fingerprint density at radius 3 is 2.77 bits per heavy atom. The number of benzene rings is 1. The lowest BCUT2D eigenvalue weighted by molar-refractivity contribution is 0.233. The van der Waals surface area contributed by atoms with Crippen LogP contribution in [-0.4, -0.2) is 11.2 Å². The van der Waals surface area contributed by atoms with E-state index in [9.17, 15) is 5.11 Å². The number of rotatable bonds is 2. The van der Waals surface area contributed by atoms with Crippen molar-refractivity contribution in [3.8, 4) is 12.3 Å². The molecular weight excluding hydrogens is 160 g/mol. The highest BCUT2D eigenvalue weighted by Gasteiger charge is 2.04. The van der Waals surface area contributed by atoms with Gasteiger partial charge in [0.1, 0.15) is 6.10 Å². The monoisotopic (exact) mass is 174 g/mol. The van der Waals surface area contributed by atoms with Gasteiger partial charge in [-0.2, -0.15) is 0 Å². The summed E-state index contributed by atoms with van der Waals surface area (Å²) in [7, 11) is 0. The van der Waals surface area contributed by atoms with Crippen LogP contribution in [0.3, 0.4) is 0 Å². The molecule has 1 aromatic rings. The summed E-state index contributed by atoms with van der Waals surface area (Å²) in [5.41, 5.74) is 3.51. The molecule has 0 saturated heterocycles. The minimum Gasteiger partial charge on any atom is -0.380 e. The minimum atomic E-state index is -0.666. The number of aliphatic hydroxyl groups is 1. The fraction of sp³-hybridized carbons (Fsp3) is 0.333. The molecule has 0 saturated carbocycles. The van der Waals surface area contributed by atoms with Gasteiger partial charge in [-0.15, -0.1) is 6.42 Å². The molecule has 0 bridgehead atoms. The first-order valence-corrected chi connectivity index (χ1v) is 4.34. The predicted molar refractivity (Wildman–Crippen MR) is 54.5 cm³/mol. The molecule has 0 amide bonds. The Labute approximate surface area is 79.4 Å². The number of terminal acetylenes is 1. The maximum absolute atomic E-state index is 9.29. The van der Waals surface area contributed by atoms with Crippen molar-refractivity contribution in [2.75, 3.05) is 0 Å². The second kappa shape index (κ2) is 4.11. The SMILES string of the molecule is C#CC(O)Cc1cc(C)ccc1C. The maximum Gasteiger partial charge on any atom is 0.118 e. The Kier molecular flexibility index (Phi) is 3.11. The number of aryl methyl sites for hydroxylation is 2. The third-order valence-corrected chi connectivity index (χ3v) is 2.11. The summed E-state index contributed by atoms with van der Waals surface area (Å²) < 4.78 is 0. The van der Waals surface area contributed by atoms with Crippen molar-refractivity contribution in [1.29, 1.82) is 0 Å². The van der Waals surface area contributed by atoms with Crippen LogP contribution in [0.25, 0.3) is 0 Å². The van der Waals surface area contributed by atoms with E-state index in [4.69, 9.17) is 6.42 Å². The molecule has 0 spiro atoms. The molecule has 0 aliphatic heterocycles. The van der Waals surface area contributed by atoms with Crippen LogP contribution in [0.5, 0.6) is 0 Å². The van der Waals surface area contributed by atoms with Gasteiger partial charge in [0.25, 0.3) is 0 Å². The molecule has 0 radical (unpaired) electrons. The van der Waals surface area contributed by atoms with Crippen LogP contribution in [0.15, 0.2) is 18.2 Å². The fourth-order valence-electron chi connectivity index (χ4n) is 1.29. The van der Waals surface area contributed by atoms with E-state index in [0.717, 1.165) is 5.56 Å². The van der Waals surface area contributed by atoms with Crippen molar-refractivity contribution in [2.45, 2.75) is 26.4 Å². The molecule has 0 aliphatic carbocycles. The van der Waals surface area contributed by atoms with E-state index < -0.39 is 6.10 Å². The lowest BCUT2D eigenvalue weighted by Crippen LogP contribution is -2.08. The van der Waals surface area contributed by atoms with Crippen LogP contribution in [0.4, 0.5) is 0 Å². The molecule has 0 aromatic heterocycles. The van der Waals surface area contributed by atoms with E-state index in [2.05, 4.69) is 18.1 Å². The summed E-state index contributed by atoms with van der Waals surface area (Å²) in [6, 6.07) is 6.17. The molecule has 1 nitrogen and oxygen atoms in total. The molecule has 0 aliphatic rings. The molecule has 0 fully saturated rings. The van der Waals surface area contributed by atoms with Crippen LogP contribution < -0.4 is 0 Å². The molecule has 1 atom stereocenters. The summed E-state index contributed by atoms with van der Waals surface area (Å²) in [6.07, 6.45) is 4.99. The molecular formula is C12H14O. The van der Waals surface area contributed by atoms with Crippen molar-refractivity contribution < 1.29 is 5.11 Å². The van der Waals surface area contributed by atoms with Crippen molar-refractivity contribution in [2.24, 2.45) is 0 Å². The third kappa shape index (κ3) is 2.61. The molecule has 1 unspecified atom stereocenters. The van der Waals surface area contributed by atoms with Crippen molar-refractivity contribution in [3.63, 3.8) is 0 Å². The zero-order valence-corrected chi connectivity index (χ0v) is 8.04. The molecule has 13 heavy (non-hydrogen) atoms. The summed E-state index contributed by atoms with van der Waals surface area (Å²) in [5.74, 6) is 2.32. The van der Waals surface area contributed by atoms with Crippen LogP contribution in [0, 0.1) is 26.2 Å². The Bertz CT molecular complexity index is 333. The first-order valence-electron chi connectivity index (χ1n) is 4.34. The number of hydrogen-bond donors (Lipinski definition) is 1. The highest BCUT2D eigenvalue weighted by Crippen LogP contribution is 2.12. The van der Waals surface area contributed by atoms with Crippen molar-refractivity contribution in [1.82, 2.24) is 0 Å². The van der Waals surface area contributed by atoms with Gasteiger partial charge in [0.05, 0.1) is 0 Å². The summed E-state index contributed by atoms with van der Waals surface area (Å²) in [4.78, 5) is 0. The zero-order valence-electron chi connectivity index (χ0n) is 8.04. The van der Waals surface area contributed by atoms with Gasteiger partial charge in [0.15, 0.2) is 0 Å². The van der Waals surface area contributed by atoms with E-state index in [-0.39, 0.29) is 0 Å². The molecule has 1 heteroatoms. The van der Waals surface area contributed by atoms with Crippen LogP contribution in [0.2, 0.25) is 0 Å². The average Bonchev–Trinajstić information content (AvgIpc) is 2.11. The van der Waals surface area contributed by atoms with Crippen molar-refractivity contribution >= 4 is 0 Å². The van der Waals surface area contributed by atoms with Gasteiger partial charge >= 0.3 is 0 Å². The zero-order chi connectivity index (χ0) is 9.84. The van der Waals surface area contributed by atoms with Gasteiger partial charge in [-0.1, -0.05) is 29.7 Å². The third-order valence-electron chi connectivity index (χ3n) is 2.11. The Morgan fingerprint density at radius 2 is 2.15 bits per heavy atom. The van der Waals surface area contributed by atoms with E-state index >= 15 is 0 Å². The highest BCUT2D eigenvalue weighted by molar-refractivity contribution is 5.31. The Balaban J connectivity index is 2.88. The normalized spacial score (nSPS) is 12.2. The second-order valence-electron chi connectivity index (χ2n) is 3.32. The molecule has 0 heterocycles. The van der Waals surface area contributed by atoms with E-state index in [0.29, 0.717) is 6.42 Å². The standard InChI is InChI=1S/C12H14O/c1-4-12(13)8-11-7-9(2)5-6-10(11)3/h1,5-7,12-13H,8H2,2-3H3. The van der Waals surface area contributed by atoms with Crippen LogP contribution in [-0.2, 0) is 6.42 Å². The van der Waals surface area contributed by atoms with Gasteiger partial charge in [0, 0.05) is 6.42 Å². The lowest BCUT2D eigenvalue weighted by atomic mass is 10.0. The lowest BCUT2D eigenvalue weighted by Gasteiger charge is -2.08. The van der Waals surface area contributed by atoms with Crippen molar-refractivity contribution in [3.05, 3.63) is 34.9 Å². The van der Waals surface area contributed by atoms with Crippen LogP contribution >= 0.6 is 0 Å². The van der Waals surface area contributed by atoms with E-state index in [1.165, 1.54) is 11.1 Å². The van der Waals surface area contributed by atoms with Gasteiger partial charge in [-0.3, -0.25) is 0 Å². The molecule has 68 valence electrons. The first-order chi connectivity index (χ1) is 6.13. The maximum atomic E-state index is 9.29. The summed E-state index contributed by atoms with van der Waals surface area (Å²) in [5, 5.41) is 9.29. The number of aliphatic hydroxyl groups excluding tert-OH is 1. The molecule has 1 rings (SSSR count). The minimum absolute atomic E-state index is 0.546. The van der Waals surface area contributed by atoms with Gasteiger partial charge in [-0.05, 0) is 25.0 Å². The average molecular weight is 174 g/mol. The smallest absolute Gasteiger partial charge is 0.118 e. The van der Waals surface area contributed by atoms with Gasteiger partial charge in [-0.25, -0.2) is 0 Å². The Morgan fingerprint density at radius 1 is 1.46 bits per heavy atom. The highest BCUT2D eigenvalue weighted by atomic mass is 16.3. The van der Waals surface area contributed by atoms with E-state index in [1.54, 1.807) is 0 Å². The van der Waals surface area contributed by atoms with Crippen LogP contribution in [0.1, 0.15) is 16.7 Å². The predicted octanol–water partition coefficient (Wildman–Crippen LogP) is 1.84.